The molecule has 19 heavy (non-hydrogen) atoms. The number of nitrogens with two attached hydrogens (primary N) is 2. The van der Waals surface area contributed by atoms with Gasteiger partial charge >= 0.3 is 5.97 Å². The minimum Gasteiger partial charge on any atom is -0.462 e. The molecular weight excluding hydrogens is 270 g/mol. The van der Waals surface area contributed by atoms with Crippen LogP contribution in [0, 0.1) is 0 Å². The van der Waals surface area contributed by atoms with Crippen LogP contribution in [0.15, 0.2) is 18.2 Å². The van der Waals surface area contributed by atoms with Crippen molar-refractivity contribution in [2.24, 2.45) is 5.14 Å². The van der Waals surface area contributed by atoms with Gasteiger partial charge in [0.25, 0.3) is 0 Å². The molecule has 0 aromatic heterocycles. The summed E-state index contributed by atoms with van der Waals surface area (Å²) in [6, 6.07) is 4.61. The zero-order valence-corrected chi connectivity index (χ0v) is 11.4. The van der Waals surface area contributed by atoms with E-state index in [1.165, 1.54) is 6.07 Å². The lowest BCUT2D eigenvalue weighted by molar-refractivity contribution is 0.0526. The van der Waals surface area contributed by atoms with E-state index in [2.05, 4.69) is 5.32 Å². The molecule has 8 heteroatoms. The van der Waals surface area contributed by atoms with Gasteiger partial charge in [0.05, 0.1) is 29.3 Å². The number of rotatable bonds is 6. The van der Waals surface area contributed by atoms with Crippen LogP contribution in [0.5, 0.6) is 0 Å². The van der Waals surface area contributed by atoms with Crippen LogP contribution >= 0.6 is 0 Å². The number of hydrogen-bond donors (Lipinski definition) is 3. The summed E-state index contributed by atoms with van der Waals surface area (Å²) in [5.74, 6) is -0.656. The molecule has 0 spiro atoms. The Kier molecular flexibility index (Phi) is 5.13. The van der Waals surface area contributed by atoms with E-state index in [4.69, 9.17) is 15.6 Å². The minimum absolute atomic E-state index is 0.141. The van der Waals surface area contributed by atoms with Gasteiger partial charge in [-0.1, -0.05) is 0 Å². The molecule has 0 saturated carbocycles. The summed E-state index contributed by atoms with van der Waals surface area (Å²) in [4.78, 5) is 11.5. The van der Waals surface area contributed by atoms with Crippen LogP contribution in [0.3, 0.4) is 0 Å². The van der Waals surface area contributed by atoms with Gasteiger partial charge in [0.2, 0.25) is 10.0 Å². The second kappa shape index (κ2) is 6.39. The average molecular weight is 287 g/mol. The largest absolute Gasteiger partial charge is 0.462 e. The minimum atomic E-state index is -3.51. The zero-order valence-electron chi connectivity index (χ0n) is 10.5. The molecule has 106 valence electrons. The quantitative estimate of drug-likeness (QED) is 0.505. The molecule has 7 nitrogen and oxygen atoms in total. The van der Waals surface area contributed by atoms with Crippen molar-refractivity contribution in [1.82, 2.24) is 0 Å². The molecule has 0 heterocycles. The third kappa shape index (κ3) is 5.14. The molecule has 5 N–H and O–H groups in total. The van der Waals surface area contributed by atoms with E-state index < -0.39 is 16.0 Å². The Balaban J connectivity index is 2.70. The summed E-state index contributed by atoms with van der Waals surface area (Å²) in [5.41, 5.74) is 6.97. The van der Waals surface area contributed by atoms with Crippen LogP contribution in [-0.2, 0) is 14.8 Å². The fraction of sp³-hybridized carbons (Fsp3) is 0.364. The maximum absolute atomic E-state index is 11.5. The van der Waals surface area contributed by atoms with E-state index in [-0.39, 0.29) is 18.9 Å². The second-order valence-corrected chi connectivity index (χ2v) is 5.55. The number of sulfonamides is 1. The van der Waals surface area contributed by atoms with Crippen LogP contribution in [0.4, 0.5) is 11.4 Å². The van der Waals surface area contributed by atoms with Crippen molar-refractivity contribution in [2.75, 3.05) is 30.0 Å². The Morgan fingerprint density at radius 3 is 2.63 bits per heavy atom. The van der Waals surface area contributed by atoms with Gasteiger partial charge in [-0.15, -0.1) is 0 Å². The Morgan fingerprint density at radius 1 is 1.42 bits per heavy atom. The zero-order chi connectivity index (χ0) is 14.5. The summed E-state index contributed by atoms with van der Waals surface area (Å²) in [5, 5.41) is 7.71. The van der Waals surface area contributed by atoms with E-state index >= 15 is 0 Å². The molecule has 0 aliphatic rings. The molecule has 0 bridgehead atoms. The Labute approximate surface area is 112 Å². The van der Waals surface area contributed by atoms with Crippen LogP contribution in [0.25, 0.3) is 0 Å². The van der Waals surface area contributed by atoms with Gasteiger partial charge in [-0.25, -0.2) is 18.4 Å². The number of esters is 1. The third-order valence-electron chi connectivity index (χ3n) is 2.26. The van der Waals surface area contributed by atoms with Crippen molar-refractivity contribution in [2.45, 2.75) is 6.92 Å². The lowest BCUT2D eigenvalue weighted by atomic mass is 10.1. The van der Waals surface area contributed by atoms with Gasteiger partial charge in [0, 0.05) is 6.54 Å². The molecular formula is C11H17N3O4S. The fourth-order valence-corrected chi connectivity index (χ4v) is 1.78. The predicted octanol–water partition coefficient (Wildman–Crippen LogP) is 0.146. The summed E-state index contributed by atoms with van der Waals surface area (Å²) >= 11 is 0. The van der Waals surface area contributed by atoms with Gasteiger partial charge in [0.15, 0.2) is 0 Å². The summed E-state index contributed by atoms with van der Waals surface area (Å²) in [6.07, 6.45) is 0. The molecule has 0 saturated heterocycles. The van der Waals surface area contributed by atoms with Crippen molar-refractivity contribution in [3.8, 4) is 0 Å². The van der Waals surface area contributed by atoms with Crippen molar-refractivity contribution >= 4 is 27.4 Å². The Morgan fingerprint density at radius 2 is 2.11 bits per heavy atom. The predicted molar refractivity (Wildman–Crippen MR) is 73.3 cm³/mol. The monoisotopic (exact) mass is 287 g/mol. The highest BCUT2D eigenvalue weighted by Crippen LogP contribution is 2.20. The first kappa shape index (κ1) is 15.3. The summed E-state index contributed by atoms with van der Waals surface area (Å²) < 4.78 is 26.4. The highest BCUT2D eigenvalue weighted by atomic mass is 32.2. The van der Waals surface area contributed by atoms with E-state index in [0.29, 0.717) is 16.9 Å². The fourth-order valence-electron chi connectivity index (χ4n) is 1.39. The SMILES string of the molecule is CCOC(=O)c1ccc(NCCS(N)(=O)=O)c(N)c1. The van der Waals surface area contributed by atoms with E-state index in [9.17, 15) is 13.2 Å². The van der Waals surface area contributed by atoms with Crippen molar-refractivity contribution in [1.29, 1.82) is 0 Å². The van der Waals surface area contributed by atoms with Crippen LogP contribution in [-0.4, -0.2) is 33.3 Å². The van der Waals surface area contributed by atoms with Crippen molar-refractivity contribution in [3.63, 3.8) is 0 Å². The molecule has 0 aliphatic carbocycles. The van der Waals surface area contributed by atoms with E-state index in [1.54, 1.807) is 19.1 Å². The van der Waals surface area contributed by atoms with Gasteiger partial charge in [0.1, 0.15) is 0 Å². The number of carbonyl (C=O) groups excluding carboxylic acids is 1. The standard InChI is InChI=1S/C11H17N3O4S/c1-2-18-11(15)8-3-4-10(9(12)7-8)14-5-6-19(13,16)17/h3-4,7,14H,2,5-6,12H2,1H3,(H2,13,16,17). The number of nitrogen functional groups attached to an aromatic ring is 1. The molecule has 0 unspecified atom stereocenters. The normalized spacial score (nSPS) is 11.1. The molecule has 0 amide bonds. The van der Waals surface area contributed by atoms with E-state index in [0.717, 1.165) is 0 Å². The average Bonchev–Trinajstić information content (AvgIpc) is 2.30. The lowest BCUT2D eigenvalue weighted by Crippen LogP contribution is -2.22. The van der Waals surface area contributed by atoms with E-state index in [1.807, 2.05) is 0 Å². The Bertz CT molecular complexity index is 557. The van der Waals surface area contributed by atoms with Crippen LogP contribution < -0.4 is 16.2 Å². The van der Waals surface area contributed by atoms with Gasteiger partial charge in [-0.05, 0) is 25.1 Å². The summed E-state index contributed by atoms with van der Waals surface area (Å²) in [6.45, 7) is 2.14. The van der Waals surface area contributed by atoms with Crippen LogP contribution in [0.2, 0.25) is 0 Å². The first-order chi connectivity index (χ1) is 8.83. The number of ether oxygens (including phenoxy) is 1. The lowest BCUT2D eigenvalue weighted by Gasteiger charge is -2.10. The first-order valence-corrected chi connectivity index (χ1v) is 7.36. The smallest absolute Gasteiger partial charge is 0.338 e. The van der Waals surface area contributed by atoms with Crippen molar-refractivity contribution < 1.29 is 17.9 Å². The molecule has 0 fully saturated rings. The Hall–Kier alpha value is -1.80. The second-order valence-electron chi connectivity index (χ2n) is 3.82. The number of primary sulfonamides is 1. The molecule has 1 rings (SSSR count). The topological polar surface area (TPSA) is 125 Å². The van der Waals surface area contributed by atoms with Gasteiger partial charge in [-0.2, -0.15) is 0 Å². The van der Waals surface area contributed by atoms with Crippen LogP contribution in [0.1, 0.15) is 17.3 Å². The highest BCUT2D eigenvalue weighted by Gasteiger charge is 2.09. The summed E-state index contributed by atoms with van der Waals surface area (Å²) in [7, 11) is -3.51. The number of nitrogens with one attached hydrogen (secondary N) is 1. The number of carbonyl (C=O) groups is 1. The molecule has 1 aromatic rings. The van der Waals surface area contributed by atoms with Gasteiger partial charge < -0.3 is 15.8 Å². The first-order valence-electron chi connectivity index (χ1n) is 5.64. The third-order valence-corrected chi connectivity index (χ3v) is 3.04. The number of anilines is 2. The van der Waals surface area contributed by atoms with Gasteiger partial charge in [-0.3, -0.25) is 0 Å². The molecule has 0 aliphatic heterocycles. The maximum atomic E-state index is 11.5. The number of benzene rings is 1. The number of hydrogen-bond acceptors (Lipinski definition) is 6. The highest BCUT2D eigenvalue weighted by molar-refractivity contribution is 7.89. The molecule has 1 aromatic carbocycles. The van der Waals surface area contributed by atoms with Crippen molar-refractivity contribution in [3.05, 3.63) is 23.8 Å². The molecule has 0 atom stereocenters. The maximum Gasteiger partial charge on any atom is 0.338 e. The molecule has 0 radical (unpaired) electrons.